The first kappa shape index (κ1) is 13.4. The summed E-state index contributed by atoms with van der Waals surface area (Å²) in [6, 6.07) is 0. The molecule has 0 aromatic carbocycles. The highest BCUT2D eigenvalue weighted by atomic mass is 16.5. The molecule has 17 heavy (non-hydrogen) atoms. The van der Waals surface area contributed by atoms with E-state index in [4.69, 9.17) is 4.74 Å². The lowest BCUT2D eigenvalue weighted by atomic mass is 9.86. The summed E-state index contributed by atoms with van der Waals surface area (Å²) in [4.78, 5) is 33.6. The molecule has 0 spiro atoms. The zero-order valence-electron chi connectivity index (χ0n) is 9.78. The molecule has 0 radical (unpaired) electrons. The fraction of sp³-hybridized carbons (Fsp3) is 0.700. The summed E-state index contributed by atoms with van der Waals surface area (Å²) >= 11 is 0. The predicted molar refractivity (Wildman–Crippen MR) is 54.9 cm³/mol. The van der Waals surface area contributed by atoms with Gasteiger partial charge in [-0.2, -0.15) is 0 Å². The normalized spacial score (nSPS) is 16.6. The molecule has 0 aromatic rings. The van der Waals surface area contributed by atoms with E-state index < -0.39 is 23.3 Å². The first-order valence-corrected chi connectivity index (χ1v) is 5.04. The van der Waals surface area contributed by atoms with E-state index in [-0.39, 0.29) is 26.2 Å². The molecular weight excluding hydrogens is 230 g/mol. The molecule has 1 N–H and O–H groups in total. The molecule has 96 valence electrons. The summed E-state index contributed by atoms with van der Waals surface area (Å²) in [6.45, 7) is 0.506. The zero-order valence-corrected chi connectivity index (χ0v) is 9.78. The Balaban J connectivity index is 2.41. The minimum atomic E-state index is -0.819. The van der Waals surface area contributed by atoms with Crippen LogP contribution >= 0.6 is 0 Å². The zero-order chi connectivity index (χ0) is 12.9. The summed E-state index contributed by atoms with van der Waals surface area (Å²) in [5, 5.41) is 2.49. The van der Waals surface area contributed by atoms with Gasteiger partial charge >= 0.3 is 11.9 Å². The van der Waals surface area contributed by atoms with Crippen LogP contribution in [-0.2, 0) is 28.6 Å². The second kappa shape index (κ2) is 5.62. The summed E-state index contributed by atoms with van der Waals surface area (Å²) < 4.78 is 13.9. The summed E-state index contributed by atoms with van der Waals surface area (Å²) in [5.41, 5.74) is -0.819. The molecule has 0 bridgehead atoms. The minimum Gasteiger partial charge on any atom is -0.469 e. The summed E-state index contributed by atoms with van der Waals surface area (Å²) in [7, 11) is 2.48. The van der Waals surface area contributed by atoms with Crippen molar-refractivity contribution in [2.45, 2.75) is 6.42 Å². The van der Waals surface area contributed by atoms with Crippen LogP contribution in [0.15, 0.2) is 0 Å². The monoisotopic (exact) mass is 245 g/mol. The molecule has 1 saturated heterocycles. The number of amides is 1. The third-order valence-electron chi connectivity index (χ3n) is 2.53. The molecule has 7 nitrogen and oxygen atoms in total. The van der Waals surface area contributed by atoms with Crippen LogP contribution in [0.25, 0.3) is 0 Å². The van der Waals surface area contributed by atoms with Crippen LogP contribution in [0.1, 0.15) is 6.42 Å². The van der Waals surface area contributed by atoms with E-state index in [1.165, 1.54) is 14.2 Å². The maximum atomic E-state index is 11.5. The minimum absolute atomic E-state index is 0.0928. The van der Waals surface area contributed by atoms with Gasteiger partial charge in [-0.1, -0.05) is 0 Å². The molecule has 0 unspecified atom stereocenters. The van der Waals surface area contributed by atoms with Crippen LogP contribution in [0.3, 0.4) is 0 Å². The fourth-order valence-corrected chi connectivity index (χ4v) is 1.39. The average Bonchev–Trinajstić information content (AvgIpc) is 2.26. The Bertz CT molecular complexity index is 323. The molecule has 0 atom stereocenters. The number of ether oxygens (including phenoxy) is 3. The van der Waals surface area contributed by atoms with Gasteiger partial charge in [-0.15, -0.1) is 0 Å². The Kier molecular flexibility index (Phi) is 4.45. The Labute approximate surface area is 98.4 Å². The van der Waals surface area contributed by atoms with Crippen LogP contribution < -0.4 is 5.32 Å². The van der Waals surface area contributed by atoms with Crippen LogP contribution in [0.4, 0.5) is 0 Å². The second-order valence-electron chi connectivity index (χ2n) is 3.79. The highest BCUT2D eigenvalue weighted by Crippen LogP contribution is 2.28. The van der Waals surface area contributed by atoms with Crippen molar-refractivity contribution in [3.05, 3.63) is 0 Å². The lowest BCUT2D eigenvalue weighted by molar-refractivity contribution is -0.182. The molecule has 1 aliphatic heterocycles. The van der Waals surface area contributed by atoms with Crippen molar-refractivity contribution < 1.29 is 28.6 Å². The first-order valence-electron chi connectivity index (χ1n) is 5.04. The standard InChI is InChI=1S/C10H15NO6/c1-15-8(13)3-7(12)11-4-10(5-17-6-10)9(14)16-2/h3-6H2,1-2H3,(H,11,12). The quantitative estimate of drug-likeness (QED) is 0.486. The highest BCUT2D eigenvalue weighted by Gasteiger charge is 2.47. The highest BCUT2D eigenvalue weighted by molar-refractivity contribution is 5.94. The van der Waals surface area contributed by atoms with Gasteiger partial charge in [0.1, 0.15) is 11.8 Å². The predicted octanol–water partition coefficient (Wildman–Crippen LogP) is -1.14. The van der Waals surface area contributed by atoms with E-state index in [9.17, 15) is 14.4 Å². The number of hydrogen-bond acceptors (Lipinski definition) is 6. The Hall–Kier alpha value is -1.63. The molecule has 1 rings (SSSR count). The van der Waals surface area contributed by atoms with Crippen LogP contribution in [-0.4, -0.2) is 51.8 Å². The van der Waals surface area contributed by atoms with Crippen molar-refractivity contribution in [3.8, 4) is 0 Å². The number of rotatable bonds is 5. The number of esters is 2. The van der Waals surface area contributed by atoms with Crippen LogP contribution in [0.5, 0.6) is 0 Å². The molecule has 1 heterocycles. The molecule has 0 aromatic heterocycles. The number of carbonyl (C=O) groups is 3. The average molecular weight is 245 g/mol. The van der Waals surface area contributed by atoms with E-state index in [2.05, 4.69) is 14.8 Å². The molecular formula is C10H15NO6. The van der Waals surface area contributed by atoms with Crippen molar-refractivity contribution in [1.82, 2.24) is 5.32 Å². The lowest BCUT2D eigenvalue weighted by Crippen LogP contribution is -2.56. The van der Waals surface area contributed by atoms with Crippen molar-refractivity contribution in [1.29, 1.82) is 0 Å². The second-order valence-corrected chi connectivity index (χ2v) is 3.79. The number of methoxy groups -OCH3 is 2. The fourth-order valence-electron chi connectivity index (χ4n) is 1.39. The Morgan fingerprint density at radius 3 is 2.29 bits per heavy atom. The molecule has 1 aliphatic rings. The number of hydrogen-bond donors (Lipinski definition) is 1. The van der Waals surface area contributed by atoms with Crippen molar-refractivity contribution in [2.24, 2.45) is 5.41 Å². The maximum Gasteiger partial charge on any atom is 0.318 e. The van der Waals surface area contributed by atoms with E-state index in [1.54, 1.807) is 0 Å². The van der Waals surface area contributed by atoms with Crippen molar-refractivity contribution in [2.75, 3.05) is 34.0 Å². The van der Waals surface area contributed by atoms with E-state index in [0.29, 0.717) is 0 Å². The van der Waals surface area contributed by atoms with Gasteiger partial charge < -0.3 is 19.5 Å². The molecule has 1 amide bonds. The molecule has 0 saturated carbocycles. The van der Waals surface area contributed by atoms with Gasteiger partial charge in [-0.05, 0) is 0 Å². The van der Waals surface area contributed by atoms with Crippen molar-refractivity contribution in [3.63, 3.8) is 0 Å². The van der Waals surface area contributed by atoms with Gasteiger partial charge in [-0.25, -0.2) is 0 Å². The third kappa shape index (κ3) is 3.16. The van der Waals surface area contributed by atoms with Gasteiger partial charge in [0.15, 0.2) is 0 Å². The summed E-state index contributed by atoms with van der Waals surface area (Å²) in [5.74, 6) is -1.55. The van der Waals surface area contributed by atoms with Crippen molar-refractivity contribution >= 4 is 17.8 Å². The van der Waals surface area contributed by atoms with Gasteiger partial charge in [0.05, 0.1) is 27.4 Å². The summed E-state index contributed by atoms with van der Waals surface area (Å²) in [6.07, 6.45) is -0.366. The molecule has 0 aliphatic carbocycles. The molecule has 7 heteroatoms. The number of nitrogens with one attached hydrogen (secondary N) is 1. The SMILES string of the molecule is COC(=O)CC(=O)NCC1(C(=O)OC)COC1. The Morgan fingerprint density at radius 1 is 1.24 bits per heavy atom. The van der Waals surface area contributed by atoms with Gasteiger partial charge in [0.25, 0.3) is 0 Å². The maximum absolute atomic E-state index is 11.5. The van der Waals surface area contributed by atoms with Crippen LogP contribution in [0, 0.1) is 5.41 Å². The first-order chi connectivity index (χ1) is 8.04. The van der Waals surface area contributed by atoms with Gasteiger partial charge in [-0.3, -0.25) is 14.4 Å². The van der Waals surface area contributed by atoms with Crippen LogP contribution in [0.2, 0.25) is 0 Å². The topological polar surface area (TPSA) is 90.9 Å². The largest absolute Gasteiger partial charge is 0.469 e. The van der Waals surface area contributed by atoms with E-state index in [1.807, 2.05) is 0 Å². The third-order valence-corrected chi connectivity index (χ3v) is 2.53. The lowest BCUT2D eigenvalue weighted by Gasteiger charge is -2.38. The Morgan fingerprint density at radius 2 is 1.88 bits per heavy atom. The smallest absolute Gasteiger partial charge is 0.318 e. The number of carbonyl (C=O) groups excluding carboxylic acids is 3. The van der Waals surface area contributed by atoms with Gasteiger partial charge in [0.2, 0.25) is 5.91 Å². The van der Waals surface area contributed by atoms with Gasteiger partial charge in [0, 0.05) is 6.54 Å². The van der Waals surface area contributed by atoms with E-state index in [0.717, 1.165) is 0 Å². The van der Waals surface area contributed by atoms with E-state index >= 15 is 0 Å². The molecule has 1 fully saturated rings.